The molecular weight excluding hydrogens is 670 g/mol. The number of ether oxygens (including phenoxy) is 6. The van der Waals surface area contributed by atoms with E-state index in [0.29, 0.717) is 65.1 Å². The average Bonchev–Trinajstić information content (AvgIpc) is 3.96. The van der Waals surface area contributed by atoms with E-state index in [0.717, 1.165) is 57.8 Å². The van der Waals surface area contributed by atoms with Gasteiger partial charge in [-0.3, -0.25) is 13.9 Å². The molecule has 288 valence electrons. The number of hydrogen-bond acceptors (Lipinski definition) is 12. The third-order valence-corrected chi connectivity index (χ3v) is 8.68. The molecule has 0 bridgehead atoms. The number of amides is 3. The molecule has 3 saturated heterocycles. The maximum Gasteiger partial charge on any atom is 0.407 e. The Morgan fingerprint density at radius 3 is 1.37 bits per heavy atom. The minimum Gasteiger partial charge on any atom is -0.494 e. The normalized spacial score (nSPS) is 18.5. The molecule has 17 nitrogen and oxygen atoms in total. The van der Waals surface area contributed by atoms with Crippen molar-refractivity contribution < 1.29 is 47.9 Å². The third kappa shape index (κ3) is 16.4. The molecule has 3 aliphatic heterocycles. The standard InChI is InChI=1S/C34H55N5O12/c40-29-28(13-7-1-2-8-14-35-31(42)49-22-25-19-46-25)30(41)39(18-12-6-4-10-16-37-33(44)51-24-27-21-48-27)34(45)38(29)17-11-5-3-9-15-36-32(43)50-23-26-20-47-26/h25-27,40H,1-24H2,(H,35,42)(H,36,43)(H,37,44). The number of aromatic nitrogens is 2. The lowest BCUT2D eigenvalue weighted by molar-refractivity contribution is 0.135. The first-order valence-corrected chi connectivity index (χ1v) is 18.4. The largest absolute Gasteiger partial charge is 0.494 e. The highest BCUT2D eigenvalue weighted by atomic mass is 16.6. The molecule has 0 radical (unpaired) electrons. The summed E-state index contributed by atoms with van der Waals surface area (Å²) in [6, 6.07) is 0. The number of nitrogens with zero attached hydrogens (tertiary/aromatic N) is 2. The van der Waals surface area contributed by atoms with Crippen LogP contribution in [0.1, 0.15) is 82.6 Å². The second kappa shape index (κ2) is 22.2. The van der Waals surface area contributed by atoms with Gasteiger partial charge in [0.25, 0.3) is 5.56 Å². The molecule has 4 N–H and O–H groups in total. The van der Waals surface area contributed by atoms with Gasteiger partial charge in [-0.1, -0.05) is 38.5 Å². The van der Waals surface area contributed by atoms with Crippen molar-refractivity contribution in [2.45, 2.75) is 115 Å². The molecule has 17 heteroatoms. The Hall–Kier alpha value is -3.83. The fraction of sp³-hybridized carbons (Fsp3) is 0.794. The summed E-state index contributed by atoms with van der Waals surface area (Å²) < 4.78 is 32.7. The molecule has 0 aliphatic carbocycles. The Balaban J connectivity index is 1.19. The Labute approximate surface area is 297 Å². The van der Waals surface area contributed by atoms with Gasteiger partial charge in [-0.15, -0.1) is 0 Å². The lowest BCUT2D eigenvalue weighted by Crippen LogP contribution is -2.41. The van der Waals surface area contributed by atoms with Crippen molar-refractivity contribution in [3.63, 3.8) is 0 Å². The van der Waals surface area contributed by atoms with Crippen molar-refractivity contribution in [2.24, 2.45) is 0 Å². The smallest absolute Gasteiger partial charge is 0.407 e. The van der Waals surface area contributed by atoms with E-state index in [2.05, 4.69) is 16.0 Å². The van der Waals surface area contributed by atoms with Crippen LogP contribution in [0.15, 0.2) is 9.59 Å². The average molecular weight is 726 g/mol. The second-order valence-corrected chi connectivity index (χ2v) is 13.1. The first-order chi connectivity index (χ1) is 24.8. The number of carbonyl (C=O) groups is 3. The third-order valence-electron chi connectivity index (χ3n) is 8.68. The van der Waals surface area contributed by atoms with E-state index in [4.69, 9.17) is 28.4 Å². The van der Waals surface area contributed by atoms with Gasteiger partial charge in [0.05, 0.1) is 25.4 Å². The first-order valence-electron chi connectivity index (χ1n) is 18.4. The van der Waals surface area contributed by atoms with Gasteiger partial charge in [0.1, 0.15) is 38.1 Å². The van der Waals surface area contributed by atoms with Gasteiger partial charge in [0, 0.05) is 32.7 Å². The molecule has 3 amide bonds. The van der Waals surface area contributed by atoms with Crippen LogP contribution >= 0.6 is 0 Å². The minimum absolute atomic E-state index is 0.0160. The van der Waals surface area contributed by atoms with Crippen LogP contribution < -0.4 is 27.2 Å². The summed E-state index contributed by atoms with van der Waals surface area (Å²) in [6.45, 7) is 4.53. The summed E-state index contributed by atoms with van der Waals surface area (Å²) in [5.74, 6) is -0.277. The van der Waals surface area contributed by atoms with E-state index < -0.39 is 29.5 Å². The molecule has 1 aromatic rings. The highest BCUT2D eigenvalue weighted by molar-refractivity contribution is 5.67. The Kier molecular flexibility index (Phi) is 17.4. The van der Waals surface area contributed by atoms with Gasteiger partial charge in [0.15, 0.2) is 0 Å². The van der Waals surface area contributed by atoms with Gasteiger partial charge in [-0.2, -0.15) is 0 Å². The number of rotatable bonds is 27. The Morgan fingerprint density at radius 1 is 0.588 bits per heavy atom. The summed E-state index contributed by atoms with van der Waals surface area (Å²) in [6.07, 6.45) is 7.71. The van der Waals surface area contributed by atoms with Crippen LogP contribution in [0.25, 0.3) is 0 Å². The molecule has 0 saturated carbocycles. The van der Waals surface area contributed by atoms with Crippen molar-refractivity contribution >= 4 is 18.3 Å². The zero-order valence-corrected chi connectivity index (χ0v) is 29.5. The Bertz CT molecular complexity index is 1280. The van der Waals surface area contributed by atoms with Crippen molar-refractivity contribution in [1.29, 1.82) is 0 Å². The summed E-state index contributed by atoms with van der Waals surface area (Å²) in [7, 11) is 0. The molecule has 4 rings (SSSR count). The van der Waals surface area contributed by atoms with Crippen LogP contribution in [0, 0.1) is 0 Å². The highest BCUT2D eigenvalue weighted by Crippen LogP contribution is 2.17. The minimum atomic E-state index is -0.527. The first kappa shape index (κ1) is 39.9. The van der Waals surface area contributed by atoms with E-state index >= 15 is 0 Å². The molecular formula is C34H55N5O12. The number of alkyl carbamates (subject to hydrolysis) is 3. The topological polar surface area (TPSA) is 217 Å². The lowest BCUT2D eigenvalue weighted by Gasteiger charge is -2.16. The van der Waals surface area contributed by atoms with Crippen molar-refractivity contribution in [3.8, 4) is 5.88 Å². The number of nitrogens with one attached hydrogen (secondary N) is 3. The number of epoxide rings is 3. The predicted molar refractivity (Wildman–Crippen MR) is 183 cm³/mol. The van der Waals surface area contributed by atoms with Crippen LogP contribution in [-0.4, -0.2) is 110 Å². The number of aromatic hydroxyl groups is 1. The summed E-state index contributed by atoms with van der Waals surface area (Å²) in [5.41, 5.74) is -0.758. The summed E-state index contributed by atoms with van der Waals surface area (Å²) in [4.78, 5) is 62.0. The molecule has 1 aromatic heterocycles. The molecule has 51 heavy (non-hydrogen) atoms. The quantitative estimate of drug-likeness (QED) is 0.0584. The lowest BCUT2D eigenvalue weighted by atomic mass is 10.1. The van der Waals surface area contributed by atoms with Gasteiger partial charge < -0.3 is 49.5 Å². The van der Waals surface area contributed by atoms with Crippen LogP contribution in [0.5, 0.6) is 5.88 Å². The number of carbonyl (C=O) groups excluding carboxylic acids is 3. The van der Waals surface area contributed by atoms with Crippen molar-refractivity contribution in [3.05, 3.63) is 26.4 Å². The fourth-order valence-electron chi connectivity index (χ4n) is 5.36. The molecule has 3 fully saturated rings. The van der Waals surface area contributed by atoms with E-state index in [9.17, 15) is 29.1 Å². The number of hydrogen-bond donors (Lipinski definition) is 4. The molecule has 0 spiro atoms. The molecule has 3 atom stereocenters. The van der Waals surface area contributed by atoms with Gasteiger partial charge in [0.2, 0.25) is 5.88 Å². The van der Waals surface area contributed by atoms with Gasteiger partial charge in [-0.25, -0.2) is 19.2 Å². The molecule has 0 aromatic carbocycles. The fourth-order valence-corrected chi connectivity index (χ4v) is 5.36. The zero-order chi connectivity index (χ0) is 36.3. The SMILES string of the molecule is O=C(NCCCCCCc1c(O)n(CCCCCCNC(=O)OCC2CO2)c(=O)n(CCCCCCNC(=O)OCC2CO2)c1=O)OCC1CO1. The molecule has 4 heterocycles. The molecule has 3 aliphatic rings. The highest BCUT2D eigenvalue weighted by Gasteiger charge is 2.25. The van der Waals surface area contributed by atoms with E-state index in [-0.39, 0.29) is 62.7 Å². The van der Waals surface area contributed by atoms with Gasteiger partial charge in [-0.05, 0) is 44.9 Å². The summed E-state index contributed by atoms with van der Waals surface area (Å²) >= 11 is 0. The van der Waals surface area contributed by atoms with Crippen molar-refractivity contribution in [2.75, 3.05) is 59.3 Å². The zero-order valence-electron chi connectivity index (χ0n) is 29.5. The van der Waals surface area contributed by atoms with Gasteiger partial charge >= 0.3 is 24.0 Å². The summed E-state index contributed by atoms with van der Waals surface area (Å²) in [5, 5.41) is 19.2. The number of unbranched alkanes of at least 4 members (excludes halogenated alkanes) is 9. The van der Waals surface area contributed by atoms with Crippen molar-refractivity contribution in [1.82, 2.24) is 25.1 Å². The van der Waals surface area contributed by atoms with Crippen LogP contribution in [-0.2, 0) is 47.9 Å². The van der Waals surface area contributed by atoms with E-state index in [1.807, 2.05) is 0 Å². The molecule has 3 unspecified atom stereocenters. The maximum absolute atomic E-state index is 13.5. The maximum atomic E-state index is 13.5. The van der Waals surface area contributed by atoms with E-state index in [1.54, 1.807) is 0 Å². The second-order valence-electron chi connectivity index (χ2n) is 13.1. The Morgan fingerprint density at radius 2 is 0.961 bits per heavy atom. The van der Waals surface area contributed by atoms with E-state index in [1.165, 1.54) is 9.13 Å². The van der Waals surface area contributed by atoms with Crippen LogP contribution in [0.3, 0.4) is 0 Å². The van der Waals surface area contributed by atoms with Crippen LogP contribution in [0.2, 0.25) is 0 Å². The monoisotopic (exact) mass is 725 g/mol. The van der Waals surface area contributed by atoms with Crippen LogP contribution in [0.4, 0.5) is 14.4 Å². The predicted octanol–water partition coefficient (Wildman–Crippen LogP) is 2.31.